The average Bonchev–Trinajstić information content (AvgIpc) is 2.51. The zero-order valence-electron chi connectivity index (χ0n) is 15.3. The van der Waals surface area contributed by atoms with Crippen molar-refractivity contribution in [3.8, 4) is 0 Å². The topological polar surface area (TPSA) is 9.23 Å². The molecule has 0 aliphatic rings. The van der Waals surface area contributed by atoms with Crippen LogP contribution in [0, 0.1) is 0 Å². The molecular weight excluding hydrogens is 288 g/mol. The number of rotatable bonds is 17. The number of unbranched alkanes of at least 4 members (excludes halogenated alkanes) is 13. The molecule has 0 aliphatic carbocycles. The molecule has 0 heterocycles. The fourth-order valence-electron chi connectivity index (χ4n) is 2.76. The molecule has 0 fully saturated rings. The molecule has 0 amide bonds. The van der Waals surface area contributed by atoms with E-state index in [-0.39, 0.29) is 0 Å². The second-order valence-electron chi connectivity index (χ2n) is 6.57. The monoisotopic (exact) mass is 328 g/mol. The van der Waals surface area contributed by atoms with Crippen molar-refractivity contribution in [3.63, 3.8) is 0 Å². The molecule has 0 unspecified atom stereocenters. The Bertz CT molecular complexity index is 228. The van der Waals surface area contributed by atoms with E-state index in [1.807, 2.05) is 0 Å². The van der Waals surface area contributed by atoms with Gasteiger partial charge in [-0.15, -0.1) is 0 Å². The van der Waals surface area contributed by atoms with Crippen molar-refractivity contribution in [2.75, 3.05) is 6.61 Å². The Hall–Kier alpha value is -0.110. The van der Waals surface area contributed by atoms with Crippen LogP contribution in [0.15, 0.2) is 0 Å². The van der Waals surface area contributed by atoms with Gasteiger partial charge >= 0.3 is 0 Å². The lowest BCUT2D eigenvalue weighted by Gasteiger charge is -2.06. The molecule has 0 radical (unpaired) electrons. The van der Waals surface area contributed by atoms with Crippen LogP contribution in [-0.4, -0.2) is 11.7 Å². The Labute approximate surface area is 145 Å². The standard InChI is InChI=1S/C20H40OS/c1-3-5-6-7-8-9-10-11-12-13-14-15-16-17-19-21-20(22)18-4-2/h3-19H2,1-2H3. The van der Waals surface area contributed by atoms with Crippen LogP contribution in [0.2, 0.25) is 0 Å². The molecule has 0 atom stereocenters. The fourth-order valence-corrected chi connectivity index (χ4v) is 3.05. The summed E-state index contributed by atoms with van der Waals surface area (Å²) in [6.45, 7) is 5.26. The van der Waals surface area contributed by atoms with Gasteiger partial charge in [0.1, 0.15) is 0 Å². The Morgan fingerprint density at radius 3 is 1.41 bits per heavy atom. The van der Waals surface area contributed by atoms with Gasteiger partial charge in [-0.3, -0.25) is 0 Å². The van der Waals surface area contributed by atoms with E-state index < -0.39 is 0 Å². The highest BCUT2D eigenvalue weighted by Gasteiger charge is 1.96. The molecule has 0 aromatic carbocycles. The molecule has 132 valence electrons. The zero-order chi connectivity index (χ0) is 16.3. The van der Waals surface area contributed by atoms with Crippen molar-refractivity contribution >= 4 is 17.3 Å². The summed E-state index contributed by atoms with van der Waals surface area (Å²) in [4.78, 5) is 0. The van der Waals surface area contributed by atoms with Crippen LogP contribution in [0.4, 0.5) is 0 Å². The van der Waals surface area contributed by atoms with Gasteiger partial charge in [-0.25, -0.2) is 0 Å². The van der Waals surface area contributed by atoms with Gasteiger partial charge in [-0.1, -0.05) is 97.3 Å². The van der Waals surface area contributed by atoms with Gasteiger partial charge in [-0.05, 0) is 25.1 Å². The van der Waals surface area contributed by atoms with Crippen molar-refractivity contribution in [1.82, 2.24) is 0 Å². The van der Waals surface area contributed by atoms with E-state index in [1.165, 1.54) is 89.9 Å². The Kier molecular flexibility index (Phi) is 18.8. The van der Waals surface area contributed by atoms with E-state index in [1.54, 1.807) is 0 Å². The molecule has 0 aromatic heterocycles. The first-order valence-corrected chi connectivity index (χ1v) is 10.4. The summed E-state index contributed by atoms with van der Waals surface area (Å²) < 4.78 is 5.52. The van der Waals surface area contributed by atoms with Crippen molar-refractivity contribution < 1.29 is 4.74 Å². The molecule has 0 spiro atoms. The third-order valence-electron chi connectivity index (χ3n) is 4.22. The highest BCUT2D eigenvalue weighted by Crippen LogP contribution is 2.13. The molecule has 0 saturated carbocycles. The van der Waals surface area contributed by atoms with Crippen molar-refractivity contribution in [2.24, 2.45) is 0 Å². The van der Waals surface area contributed by atoms with Gasteiger partial charge in [0.2, 0.25) is 0 Å². The van der Waals surface area contributed by atoms with Gasteiger partial charge in [0.15, 0.2) is 5.05 Å². The highest BCUT2D eigenvalue weighted by molar-refractivity contribution is 7.80. The molecule has 22 heavy (non-hydrogen) atoms. The van der Waals surface area contributed by atoms with Crippen LogP contribution in [0.3, 0.4) is 0 Å². The first kappa shape index (κ1) is 21.9. The van der Waals surface area contributed by atoms with Crippen LogP contribution in [0.25, 0.3) is 0 Å². The predicted molar refractivity (Wildman–Crippen MR) is 104 cm³/mol. The minimum absolute atomic E-state index is 0.803. The van der Waals surface area contributed by atoms with Crippen molar-refractivity contribution in [2.45, 2.75) is 117 Å². The normalized spacial score (nSPS) is 10.8. The summed E-state index contributed by atoms with van der Waals surface area (Å²) in [5.41, 5.74) is 0. The lowest BCUT2D eigenvalue weighted by molar-refractivity contribution is 0.291. The molecule has 1 nitrogen and oxygen atoms in total. The maximum Gasteiger partial charge on any atom is 0.159 e. The highest BCUT2D eigenvalue weighted by atomic mass is 32.1. The summed E-state index contributed by atoms with van der Waals surface area (Å²) in [6, 6.07) is 0. The first-order valence-electron chi connectivity index (χ1n) is 9.96. The lowest BCUT2D eigenvalue weighted by Crippen LogP contribution is -2.02. The van der Waals surface area contributed by atoms with E-state index in [4.69, 9.17) is 17.0 Å². The third-order valence-corrected chi connectivity index (χ3v) is 4.54. The van der Waals surface area contributed by atoms with E-state index in [2.05, 4.69) is 13.8 Å². The number of ether oxygens (including phenoxy) is 1. The number of thiocarbonyl (C=S) groups is 1. The maximum absolute atomic E-state index is 5.52. The molecule has 0 bridgehead atoms. The van der Waals surface area contributed by atoms with Crippen LogP contribution in [0.1, 0.15) is 117 Å². The maximum atomic E-state index is 5.52. The third kappa shape index (κ3) is 17.9. The molecule has 0 N–H and O–H groups in total. The zero-order valence-corrected chi connectivity index (χ0v) is 16.2. The summed E-state index contributed by atoms with van der Waals surface area (Å²) in [6.07, 6.45) is 21.6. The van der Waals surface area contributed by atoms with E-state index in [0.717, 1.165) is 24.5 Å². The van der Waals surface area contributed by atoms with Crippen LogP contribution < -0.4 is 0 Å². The summed E-state index contributed by atoms with van der Waals surface area (Å²) >= 11 is 5.13. The van der Waals surface area contributed by atoms with Crippen LogP contribution in [0.5, 0.6) is 0 Å². The predicted octanol–water partition coefficient (Wildman–Crippen LogP) is 7.61. The lowest BCUT2D eigenvalue weighted by atomic mass is 10.0. The van der Waals surface area contributed by atoms with Crippen LogP contribution >= 0.6 is 12.2 Å². The number of hydrogen-bond donors (Lipinski definition) is 0. The fraction of sp³-hybridized carbons (Fsp3) is 0.950. The van der Waals surface area contributed by atoms with Crippen molar-refractivity contribution in [3.05, 3.63) is 0 Å². The van der Waals surface area contributed by atoms with Gasteiger partial charge in [0, 0.05) is 6.42 Å². The van der Waals surface area contributed by atoms with Crippen LogP contribution in [-0.2, 0) is 4.74 Å². The van der Waals surface area contributed by atoms with Gasteiger partial charge in [-0.2, -0.15) is 0 Å². The Morgan fingerprint density at radius 1 is 0.591 bits per heavy atom. The first-order chi connectivity index (χ1) is 10.8. The summed E-state index contributed by atoms with van der Waals surface area (Å²) in [5, 5.41) is 0.803. The Balaban J connectivity index is 3.01. The molecule has 0 aliphatic heterocycles. The molecule has 0 saturated heterocycles. The minimum atomic E-state index is 0.803. The van der Waals surface area contributed by atoms with E-state index >= 15 is 0 Å². The molecule has 0 aromatic rings. The second-order valence-corrected chi connectivity index (χ2v) is 7.02. The number of hydrogen-bond acceptors (Lipinski definition) is 2. The van der Waals surface area contributed by atoms with Gasteiger partial charge in [0.05, 0.1) is 6.61 Å². The average molecular weight is 329 g/mol. The molecular formula is C20H40OS. The Morgan fingerprint density at radius 2 is 1.00 bits per heavy atom. The van der Waals surface area contributed by atoms with Crippen molar-refractivity contribution in [1.29, 1.82) is 0 Å². The van der Waals surface area contributed by atoms with E-state index in [0.29, 0.717) is 0 Å². The largest absolute Gasteiger partial charge is 0.487 e. The minimum Gasteiger partial charge on any atom is -0.487 e. The van der Waals surface area contributed by atoms with E-state index in [9.17, 15) is 0 Å². The summed E-state index contributed by atoms with van der Waals surface area (Å²) in [7, 11) is 0. The summed E-state index contributed by atoms with van der Waals surface area (Å²) in [5.74, 6) is 0. The quantitative estimate of drug-likeness (QED) is 0.201. The van der Waals surface area contributed by atoms with Gasteiger partial charge in [0.25, 0.3) is 0 Å². The molecule has 2 heteroatoms. The van der Waals surface area contributed by atoms with Gasteiger partial charge < -0.3 is 4.74 Å². The SMILES string of the molecule is CCCCCCCCCCCCCCCCOC(=S)CCC. The smallest absolute Gasteiger partial charge is 0.159 e. The molecule has 0 rings (SSSR count). The second kappa shape index (κ2) is 18.9.